The van der Waals surface area contributed by atoms with E-state index in [1.165, 1.54) is 22.3 Å². The molecule has 0 saturated heterocycles. The summed E-state index contributed by atoms with van der Waals surface area (Å²) < 4.78 is 3.33. The Bertz CT molecular complexity index is 756. The fraction of sp³-hybridized carbons (Fsp3) is 0.667. The van der Waals surface area contributed by atoms with Gasteiger partial charge in [-0.25, -0.2) is 9.78 Å². The van der Waals surface area contributed by atoms with Crippen LogP contribution in [-0.2, 0) is 20.1 Å². The number of nitrogens with one attached hydrogen (secondary N) is 2. The molecule has 7 nitrogen and oxygen atoms in total. The van der Waals surface area contributed by atoms with Gasteiger partial charge in [0.05, 0.1) is 13.1 Å². The van der Waals surface area contributed by atoms with Crippen LogP contribution in [0, 0.1) is 0 Å². The first-order chi connectivity index (χ1) is 10.5. The van der Waals surface area contributed by atoms with Crippen molar-refractivity contribution in [2.45, 2.75) is 46.7 Å². The molecule has 1 atom stereocenters. The number of aromatic nitrogens is 4. The molecule has 1 unspecified atom stereocenters. The van der Waals surface area contributed by atoms with Crippen molar-refractivity contribution in [2.24, 2.45) is 7.05 Å². The third-order valence-electron chi connectivity index (χ3n) is 4.19. The molecule has 122 valence electrons. The lowest BCUT2D eigenvalue weighted by Crippen LogP contribution is -3.10. The number of quaternary nitrogens is 1. The van der Waals surface area contributed by atoms with E-state index < -0.39 is 5.69 Å². The van der Waals surface area contributed by atoms with Crippen LogP contribution >= 0.6 is 0 Å². The second-order valence-electron chi connectivity index (χ2n) is 5.65. The number of rotatable bonds is 7. The number of hydrogen-bond acceptors (Lipinski definition) is 3. The summed E-state index contributed by atoms with van der Waals surface area (Å²) in [6.07, 6.45) is 2.34. The van der Waals surface area contributed by atoms with Crippen LogP contribution in [0.5, 0.6) is 0 Å². The molecule has 0 aliphatic carbocycles. The van der Waals surface area contributed by atoms with Gasteiger partial charge in [0.15, 0.2) is 17.0 Å². The summed E-state index contributed by atoms with van der Waals surface area (Å²) in [4.78, 5) is 32.3. The van der Waals surface area contributed by atoms with E-state index in [1.807, 2.05) is 11.5 Å². The Hall–Kier alpha value is -1.89. The van der Waals surface area contributed by atoms with Gasteiger partial charge in [0.1, 0.15) is 6.54 Å². The summed E-state index contributed by atoms with van der Waals surface area (Å²) in [5, 5.41) is 0. The largest absolute Gasteiger partial charge is 0.329 e. The van der Waals surface area contributed by atoms with Crippen molar-refractivity contribution >= 4 is 11.2 Å². The van der Waals surface area contributed by atoms with Crippen LogP contribution in [-0.4, -0.2) is 32.2 Å². The highest BCUT2D eigenvalue weighted by Gasteiger charge is 2.19. The molecule has 2 N–H and O–H groups in total. The van der Waals surface area contributed by atoms with Crippen LogP contribution in [0.15, 0.2) is 9.59 Å². The minimum absolute atomic E-state index is 0.356. The molecule has 0 fully saturated rings. The molecule has 0 spiro atoms. The van der Waals surface area contributed by atoms with Gasteiger partial charge in [-0.05, 0) is 20.3 Å². The molecule has 2 aromatic heterocycles. The summed E-state index contributed by atoms with van der Waals surface area (Å²) in [5.74, 6) is 0.872. The van der Waals surface area contributed by atoms with Crippen LogP contribution in [0.4, 0.5) is 0 Å². The Morgan fingerprint density at radius 1 is 1.23 bits per heavy atom. The van der Waals surface area contributed by atoms with Gasteiger partial charge in [-0.1, -0.05) is 13.3 Å². The third kappa shape index (κ3) is 2.99. The van der Waals surface area contributed by atoms with E-state index in [4.69, 9.17) is 0 Å². The van der Waals surface area contributed by atoms with Gasteiger partial charge in [0.2, 0.25) is 0 Å². The Balaban J connectivity index is 2.50. The summed E-state index contributed by atoms with van der Waals surface area (Å²) in [7, 11) is 1.64. The summed E-state index contributed by atoms with van der Waals surface area (Å²) in [6, 6.07) is 0. The Morgan fingerprint density at radius 3 is 2.55 bits per heavy atom. The molecule has 0 bridgehead atoms. The Morgan fingerprint density at radius 2 is 1.95 bits per heavy atom. The van der Waals surface area contributed by atoms with E-state index in [-0.39, 0.29) is 5.56 Å². The smallest absolute Gasteiger partial charge is 0.329 e. The second-order valence-corrected chi connectivity index (χ2v) is 5.65. The van der Waals surface area contributed by atoms with Crippen LogP contribution in [0.25, 0.3) is 11.2 Å². The second kappa shape index (κ2) is 6.91. The van der Waals surface area contributed by atoms with Gasteiger partial charge in [-0.3, -0.25) is 14.3 Å². The van der Waals surface area contributed by atoms with E-state index in [0.717, 1.165) is 25.5 Å². The third-order valence-corrected chi connectivity index (χ3v) is 4.19. The average Bonchev–Trinajstić information content (AvgIpc) is 2.87. The fourth-order valence-corrected chi connectivity index (χ4v) is 2.80. The summed E-state index contributed by atoms with van der Waals surface area (Å²) in [5.41, 5.74) is 0.183. The van der Waals surface area contributed by atoms with Crippen LogP contribution in [0.3, 0.4) is 0 Å². The lowest BCUT2D eigenvalue weighted by atomic mass is 10.3. The topological polar surface area (TPSA) is 77.1 Å². The first-order valence-corrected chi connectivity index (χ1v) is 8.05. The van der Waals surface area contributed by atoms with Crippen molar-refractivity contribution in [1.82, 2.24) is 19.1 Å². The molecule has 2 heterocycles. The quantitative estimate of drug-likeness (QED) is 0.734. The number of aryl methyl sites for hydroxylation is 2. The first-order valence-electron chi connectivity index (χ1n) is 8.05. The molecular weight excluding hydrogens is 282 g/mol. The summed E-state index contributed by atoms with van der Waals surface area (Å²) >= 11 is 0. The van der Waals surface area contributed by atoms with E-state index in [2.05, 4.69) is 23.8 Å². The Labute approximate surface area is 129 Å². The summed E-state index contributed by atoms with van der Waals surface area (Å²) in [6.45, 7) is 9.88. The highest BCUT2D eigenvalue weighted by molar-refractivity contribution is 5.70. The highest BCUT2D eigenvalue weighted by atomic mass is 16.2. The van der Waals surface area contributed by atoms with Crippen molar-refractivity contribution < 1.29 is 4.90 Å². The van der Waals surface area contributed by atoms with Gasteiger partial charge in [-0.15, -0.1) is 0 Å². The molecule has 0 saturated carbocycles. The molecule has 22 heavy (non-hydrogen) atoms. The first kappa shape index (κ1) is 16.5. The maximum absolute atomic E-state index is 12.1. The maximum atomic E-state index is 12.1. The van der Waals surface area contributed by atoms with Crippen molar-refractivity contribution in [2.75, 3.05) is 13.1 Å². The zero-order valence-electron chi connectivity index (χ0n) is 13.9. The monoisotopic (exact) mass is 308 g/mol. The molecule has 0 aliphatic heterocycles. The van der Waals surface area contributed by atoms with Gasteiger partial charge >= 0.3 is 5.69 Å². The molecule has 7 heteroatoms. The minimum Gasteiger partial charge on any atom is -0.329 e. The number of aromatic amines is 1. The van der Waals surface area contributed by atoms with Crippen molar-refractivity contribution in [1.29, 1.82) is 0 Å². The zero-order chi connectivity index (χ0) is 16.3. The van der Waals surface area contributed by atoms with Gasteiger partial charge in [0.25, 0.3) is 5.56 Å². The van der Waals surface area contributed by atoms with Gasteiger partial charge < -0.3 is 9.47 Å². The van der Waals surface area contributed by atoms with E-state index >= 15 is 0 Å². The average molecular weight is 308 g/mol. The predicted octanol–water partition coefficient (Wildman–Crippen LogP) is -0.352. The molecule has 0 radical (unpaired) electrons. The van der Waals surface area contributed by atoms with E-state index in [9.17, 15) is 9.59 Å². The molecule has 0 amide bonds. The van der Waals surface area contributed by atoms with Gasteiger partial charge in [-0.2, -0.15) is 0 Å². The van der Waals surface area contributed by atoms with E-state index in [1.54, 1.807) is 7.05 Å². The van der Waals surface area contributed by atoms with Crippen molar-refractivity contribution in [3.05, 3.63) is 26.7 Å². The lowest BCUT2D eigenvalue weighted by Gasteiger charge is -2.17. The van der Waals surface area contributed by atoms with Crippen LogP contribution in [0.1, 0.15) is 39.4 Å². The standard InChI is InChI=1S/C15H25N5O2/c1-5-8-9-19(6-2)10-11-16-13-12(20(11)7-3)14(21)17-15(22)18(13)4/h5-10H2,1-4H3,(H,17,21,22)/p+1. The van der Waals surface area contributed by atoms with Crippen LogP contribution < -0.4 is 16.1 Å². The molecule has 0 aromatic carbocycles. The number of hydrogen-bond donors (Lipinski definition) is 2. The Kier molecular flexibility index (Phi) is 5.18. The minimum atomic E-state index is -0.421. The number of nitrogens with zero attached hydrogens (tertiary/aromatic N) is 3. The predicted molar refractivity (Wildman–Crippen MR) is 86.3 cm³/mol. The zero-order valence-corrected chi connectivity index (χ0v) is 13.9. The van der Waals surface area contributed by atoms with Crippen molar-refractivity contribution in [3.63, 3.8) is 0 Å². The van der Waals surface area contributed by atoms with Gasteiger partial charge in [0, 0.05) is 13.6 Å². The molecule has 0 aliphatic rings. The molecule has 2 aromatic rings. The molecule has 2 rings (SSSR count). The SMILES string of the molecule is CCCC[NH+](CC)Cc1nc2c(c(=O)[nH]c(=O)n2C)n1CC. The van der Waals surface area contributed by atoms with E-state index in [0.29, 0.717) is 17.7 Å². The number of fused-ring (bicyclic) bond motifs is 1. The van der Waals surface area contributed by atoms with Crippen molar-refractivity contribution in [3.8, 4) is 0 Å². The fourth-order valence-electron chi connectivity index (χ4n) is 2.80. The number of H-pyrrole nitrogens is 1. The normalized spacial score (nSPS) is 12.9. The molecular formula is C15H26N5O2+. The lowest BCUT2D eigenvalue weighted by molar-refractivity contribution is -0.913. The number of unbranched alkanes of at least 4 members (excludes halogenated alkanes) is 1. The maximum Gasteiger partial charge on any atom is 0.329 e. The highest BCUT2D eigenvalue weighted by Crippen LogP contribution is 2.09. The van der Waals surface area contributed by atoms with Crippen LogP contribution in [0.2, 0.25) is 0 Å². The number of imidazole rings is 1.